The summed E-state index contributed by atoms with van der Waals surface area (Å²) in [4.78, 5) is 12.0. The quantitative estimate of drug-likeness (QED) is 0.574. The largest absolute Gasteiger partial charge is 0.367 e. The highest BCUT2D eigenvalue weighted by Crippen LogP contribution is 2.29. The molecule has 6 nitrogen and oxygen atoms in total. The molecule has 2 rings (SSSR count). The highest BCUT2D eigenvalue weighted by molar-refractivity contribution is 7.90. The third-order valence-corrected chi connectivity index (χ3v) is 4.91. The normalized spacial score (nSPS) is 11.3. The Kier molecular flexibility index (Phi) is 5.46. The lowest BCUT2D eigenvalue weighted by Crippen LogP contribution is -2.22. The molecule has 0 spiro atoms. The Morgan fingerprint density at radius 1 is 1.21 bits per heavy atom. The van der Waals surface area contributed by atoms with E-state index in [1.807, 2.05) is 30.0 Å². The van der Waals surface area contributed by atoms with E-state index < -0.39 is 20.4 Å². The highest BCUT2D eigenvalue weighted by Gasteiger charge is 2.23. The molecule has 0 heterocycles. The minimum Gasteiger partial charge on any atom is -0.367 e. The van der Waals surface area contributed by atoms with Gasteiger partial charge in [0.1, 0.15) is 4.90 Å². The molecule has 24 heavy (non-hydrogen) atoms. The van der Waals surface area contributed by atoms with Gasteiger partial charge in [0, 0.05) is 36.1 Å². The van der Waals surface area contributed by atoms with Crippen molar-refractivity contribution in [1.82, 2.24) is 0 Å². The van der Waals surface area contributed by atoms with Gasteiger partial charge in [-0.05, 0) is 36.8 Å². The van der Waals surface area contributed by atoms with Gasteiger partial charge in [-0.15, -0.1) is 0 Å². The number of hydrogen-bond acceptors (Lipinski definition) is 5. The van der Waals surface area contributed by atoms with E-state index in [9.17, 15) is 18.5 Å². The monoisotopic (exact) mass is 368 g/mol. The van der Waals surface area contributed by atoms with Crippen molar-refractivity contribution in [3.63, 3.8) is 0 Å². The van der Waals surface area contributed by atoms with E-state index in [1.165, 1.54) is 12.1 Å². The minimum atomic E-state index is -3.71. The SMILES string of the molecule is CCN(Cc1cccc(Cl)c1)c1ccc([N+](=O)[O-])c(S(C)(=O)=O)c1. The zero-order chi connectivity index (χ0) is 17.9. The standard InChI is InChI=1S/C16H17ClN2O4S/c1-3-18(11-12-5-4-6-13(17)9-12)14-7-8-15(19(20)21)16(10-14)24(2,22)23/h4-10H,3,11H2,1-2H3. The Morgan fingerprint density at radius 3 is 2.46 bits per heavy atom. The van der Waals surface area contributed by atoms with E-state index in [1.54, 1.807) is 12.1 Å². The van der Waals surface area contributed by atoms with Crippen LogP contribution in [-0.2, 0) is 16.4 Å². The van der Waals surface area contributed by atoms with Crippen molar-refractivity contribution >= 4 is 32.8 Å². The summed E-state index contributed by atoms with van der Waals surface area (Å²) in [6, 6.07) is 11.5. The first-order valence-electron chi connectivity index (χ1n) is 7.20. The molecule has 0 radical (unpaired) electrons. The van der Waals surface area contributed by atoms with Crippen LogP contribution in [-0.4, -0.2) is 26.1 Å². The fourth-order valence-corrected chi connectivity index (χ4v) is 3.46. The number of nitro benzene ring substituents is 1. The molecular weight excluding hydrogens is 352 g/mol. The van der Waals surface area contributed by atoms with Gasteiger partial charge in [0.25, 0.3) is 5.69 Å². The molecule has 0 saturated carbocycles. The lowest BCUT2D eigenvalue weighted by Gasteiger charge is -2.23. The van der Waals surface area contributed by atoms with Gasteiger partial charge in [0.05, 0.1) is 4.92 Å². The molecule has 0 atom stereocenters. The van der Waals surface area contributed by atoms with Crippen molar-refractivity contribution in [1.29, 1.82) is 0 Å². The summed E-state index contributed by atoms with van der Waals surface area (Å²) in [6.07, 6.45) is 0.965. The Labute approximate surface area is 145 Å². The van der Waals surface area contributed by atoms with Gasteiger partial charge in [0.2, 0.25) is 0 Å². The van der Waals surface area contributed by atoms with E-state index in [2.05, 4.69) is 0 Å². The van der Waals surface area contributed by atoms with Crippen molar-refractivity contribution in [2.45, 2.75) is 18.4 Å². The third-order valence-electron chi connectivity index (χ3n) is 3.55. The molecule has 128 valence electrons. The van der Waals surface area contributed by atoms with Crippen molar-refractivity contribution in [3.8, 4) is 0 Å². The van der Waals surface area contributed by atoms with Crippen molar-refractivity contribution < 1.29 is 13.3 Å². The van der Waals surface area contributed by atoms with Crippen LogP contribution in [0, 0.1) is 10.1 Å². The van der Waals surface area contributed by atoms with E-state index in [-0.39, 0.29) is 4.90 Å². The second-order valence-corrected chi connectivity index (χ2v) is 7.75. The lowest BCUT2D eigenvalue weighted by atomic mass is 10.2. The summed E-state index contributed by atoms with van der Waals surface area (Å²) in [7, 11) is -3.71. The Bertz CT molecular complexity index is 868. The first kappa shape index (κ1) is 18.2. The van der Waals surface area contributed by atoms with Gasteiger partial charge < -0.3 is 4.90 Å². The van der Waals surface area contributed by atoms with Crippen molar-refractivity contribution in [2.75, 3.05) is 17.7 Å². The summed E-state index contributed by atoms with van der Waals surface area (Å²) in [6.45, 7) is 3.04. The average Bonchev–Trinajstić information content (AvgIpc) is 2.51. The number of hydrogen-bond donors (Lipinski definition) is 0. The first-order chi connectivity index (χ1) is 11.2. The molecule has 0 aliphatic rings. The Hall–Kier alpha value is -2.12. The number of halogens is 1. The first-order valence-corrected chi connectivity index (χ1v) is 9.47. The smallest absolute Gasteiger partial charge is 0.288 e. The molecule has 8 heteroatoms. The molecule has 0 aliphatic carbocycles. The zero-order valence-electron chi connectivity index (χ0n) is 13.3. The zero-order valence-corrected chi connectivity index (χ0v) is 14.8. The number of nitrogens with zero attached hydrogens (tertiary/aromatic N) is 2. The second-order valence-electron chi connectivity index (χ2n) is 5.33. The van der Waals surface area contributed by atoms with Gasteiger partial charge in [-0.25, -0.2) is 8.42 Å². The minimum absolute atomic E-state index is 0.283. The van der Waals surface area contributed by atoms with E-state index in [0.717, 1.165) is 11.8 Å². The molecule has 0 N–H and O–H groups in total. The highest BCUT2D eigenvalue weighted by atomic mass is 35.5. The van der Waals surface area contributed by atoms with Crippen LogP contribution in [0.25, 0.3) is 0 Å². The molecule has 0 bridgehead atoms. The number of sulfone groups is 1. The van der Waals surface area contributed by atoms with E-state index in [0.29, 0.717) is 23.8 Å². The summed E-state index contributed by atoms with van der Waals surface area (Å²) < 4.78 is 23.8. The van der Waals surface area contributed by atoms with Crippen LogP contribution in [0.1, 0.15) is 12.5 Å². The van der Waals surface area contributed by atoms with Gasteiger partial charge in [0.15, 0.2) is 9.84 Å². The van der Waals surface area contributed by atoms with E-state index in [4.69, 9.17) is 11.6 Å². The van der Waals surface area contributed by atoms with Crippen molar-refractivity contribution in [3.05, 3.63) is 63.2 Å². The van der Waals surface area contributed by atoms with Gasteiger partial charge >= 0.3 is 0 Å². The van der Waals surface area contributed by atoms with Gasteiger partial charge in [-0.3, -0.25) is 10.1 Å². The topological polar surface area (TPSA) is 80.5 Å². The van der Waals surface area contributed by atoms with Crippen LogP contribution in [0.15, 0.2) is 47.4 Å². The summed E-state index contributed by atoms with van der Waals surface area (Å²) in [5.41, 5.74) is 1.15. The molecule has 0 aromatic heterocycles. The molecule has 0 fully saturated rings. The molecule has 0 aliphatic heterocycles. The maximum absolute atomic E-state index is 11.9. The summed E-state index contributed by atoms with van der Waals surface area (Å²) in [5.74, 6) is 0. The molecular formula is C16H17ClN2O4S. The molecule has 0 amide bonds. The maximum Gasteiger partial charge on any atom is 0.288 e. The number of nitro groups is 1. The Morgan fingerprint density at radius 2 is 1.92 bits per heavy atom. The molecule has 0 unspecified atom stereocenters. The van der Waals surface area contributed by atoms with Gasteiger partial charge in [-0.2, -0.15) is 0 Å². The predicted molar refractivity (Wildman–Crippen MR) is 94.4 cm³/mol. The molecule has 2 aromatic rings. The maximum atomic E-state index is 11.9. The fraction of sp³-hybridized carbons (Fsp3) is 0.250. The molecule has 0 saturated heterocycles. The second kappa shape index (κ2) is 7.19. The fourth-order valence-electron chi connectivity index (χ4n) is 2.39. The van der Waals surface area contributed by atoms with Crippen molar-refractivity contribution in [2.24, 2.45) is 0 Å². The average molecular weight is 369 g/mol. The third kappa shape index (κ3) is 4.24. The number of rotatable bonds is 6. The van der Waals surface area contributed by atoms with E-state index >= 15 is 0 Å². The summed E-state index contributed by atoms with van der Waals surface area (Å²) in [5, 5.41) is 11.7. The van der Waals surface area contributed by atoms with Gasteiger partial charge in [-0.1, -0.05) is 23.7 Å². The predicted octanol–water partition coefficient (Wildman–Crippen LogP) is 3.68. The van der Waals surface area contributed by atoms with Crippen LogP contribution in [0.2, 0.25) is 5.02 Å². The van der Waals surface area contributed by atoms with Crippen LogP contribution in [0.4, 0.5) is 11.4 Å². The van der Waals surface area contributed by atoms with Crippen LogP contribution in [0.3, 0.4) is 0 Å². The summed E-state index contributed by atoms with van der Waals surface area (Å²) >= 11 is 5.99. The Balaban J connectivity index is 2.44. The van der Waals surface area contributed by atoms with Crippen LogP contribution >= 0.6 is 11.6 Å². The lowest BCUT2D eigenvalue weighted by molar-refractivity contribution is -0.387. The number of benzene rings is 2. The molecule has 2 aromatic carbocycles. The van der Waals surface area contributed by atoms with Crippen LogP contribution in [0.5, 0.6) is 0 Å². The van der Waals surface area contributed by atoms with Crippen LogP contribution < -0.4 is 4.90 Å². The number of anilines is 1.